The van der Waals surface area contributed by atoms with Crippen LogP contribution in [0.3, 0.4) is 0 Å². The van der Waals surface area contributed by atoms with E-state index in [1.807, 2.05) is 0 Å². The number of aliphatic hydroxyl groups excluding tert-OH is 1. The number of ether oxygens (including phenoxy) is 1. The summed E-state index contributed by atoms with van der Waals surface area (Å²) in [6, 6.07) is 0. The van der Waals surface area contributed by atoms with Crippen molar-refractivity contribution in [1.82, 2.24) is 5.32 Å². The minimum Gasteiger partial charge on any atom is -0.389 e. The third-order valence-corrected chi connectivity index (χ3v) is 1.95. The molecule has 0 bridgehead atoms. The minimum atomic E-state index is -0.365. The van der Waals surface area contributed by atoms with Crippen LogP contribution in [-0.4, -0.2) is 38.0 Å². The smallest absolute Gasteiger partial charge is 0.0897 e. The number of hydrogen-bond acceptors (Lipinski definition) is 3. The molecule has 3 heteroatoms. The average molecular weight is 189 g/mol. The number of nitrogens with one attached hydrogen (secondary N) is 1. The van der Waals surface area contributed by atoms with Gasteiger partial charge >= 0.3 is 0 Å². The molecule has 80 valence electrons. The Balaban J connectivity index is 2.97. The molecule has 0 heterocycles. The van der Waals surface area contributed by atoms with E-state index in [1.54, 1.807) is 7.11 Å². The van der Waals surface area contributed by atoms with E-state index in [4.69, 9.17) is 4.74 Å². The predicted molar refractivity (Wildman–Crippen MR) is 54.9 cm³/mol. The zero-order chi connectivity index (χ0) is 9.94. The molecule has 0 aliphatic heterocycles. The molecule has 13 heavy (non-hydrogen) atoms. The lowest BCUT2D eigenvalue weighted by atomic mass is 10.2. The molecule has 0 aliphatic rings. The monoisotopic (exact) mass is 189 g/mol. The van der Waals surface area contributed by atoms with Gasteiger partial charge in [-0.15, -0.1) is 0 Å². The van der Waals surface area contributed by atoms with E-state index in [9.17, 15) is 5.11 Å². The first-order valence-corrected chi connectivity index (χ1v) is 5.19. The SMILES string of the molecule is CCCCCCNCC(O)COC. The maximum atomic E-state index is 9.26. The van der Waals surface area contributed by atoms with Crippen LogP contribution >= 0.6 is 0 Å². The summed E-state index contributed by atoms with van der Waals surface area (Å²) in [5.41, 5.74) is 0. The Hall–Kier alpha value is -0.120. The highest BCUT2D eigenvalue weighted by atomic mass is 16.5. The van der Waals surface area contributed by atoms with Gasteiger partial charge in [0.1, 0.15) is 0 Å². The van der Waals surface area contributed by atoms with Crippen molar-refractivity contribution in [2.45, 2.75) is 38.7 Å². The zero-order valence-electron chi connectivity index (χ0n) is 8.88. The van der Waals surface area contributed by atoms with E-state index in [0.717, 1.165) is 6.54 Å². The molecular formula is C10H23NO2. The second-order valence-corrected chi connectivity index (χ2v) is 3.37. The lowest BCUT2D eigenvalue weighted by molar-refractivity contribution is 0.0646. The fourth-order valence-corrected chi connectivity index (χ4v) is 1.20. The zero-order valence-corrected chi connectivity index (χ0v) is 8.88. The van der Waals surface area contributed by atoms with Gasteiger partial charge in [-0.3, -0.25) is 0 Å². The van der Waals surface area contributed by atoms with Gasteiger partial charge in [0.15, 0.2) is 0 Å². The highest BCUT2D eigenvalue weighted by Crippen LogP contribution is 1.96. The van der Waals surface area contributed by atoms with Crippen LogP contribution in [0.25, 0.3) is 0 Å². The number of rotatable bonds is 9. The molecule has 0 aromatic rings. The summed E-state index contributed by atoms with van der Waals surface area (Å²) in [5, 5.41) is 12.5. The molecule has 0 rings (SSSR count). The van der Waals surface area contributed by atoms with E-state index in [-0.39, 0.29) is 6.10 Å². The number of hydrogen-bond donors (Lipinski definition) is 2. The molecule has 0 amide bonds. The fourth-order valence-electron chi connectivity index (χ4n) is 1.20. The number of methoxy groups -OCH3 is 1. The lowest BCUT2D eigenvalue weighted by Crippen LogP contribution is -2.30. The van der Waals surface area contributed by atoms with Gasteiger partial charge in [-0.05, 0) is 13.0 Å². The summed E-state index contributed by atoms with van der Waals surface area (Å²) >= 11 is 0. The Bertz CT molecular complexity index is 98.9. The van der Waals surface area contributed by atoms with Crippen LogP contribution in [0.15, 0.2) is 0 Å². The molecule has 0 radical (unpaired) electrons. The molecule has 0 saturated heterocycles. The Morgan fingerprint density at radius 1 is 1.31 bits per heavy atom. The van der Waals surface area contributed by atoms with Gasteiger partial charge in [-0.25, -0.2) is 0 Å². The molecular weight excluding hydrogens is 166 g/mol. The van der Waals surface area contributed by atoms with Crippen LogP contribution in [0.2, 0.25) is 0 Å². The van der Waals surface area contributed by atoms with Crippen molar-refractivity contribution in [2.75, 3.05) is 26.8 Å². The molecule has 3 nitrogen and oxygen atoms in total. The Kier molecular flexibility index (Phi) is 9.87. The summed E-state index contributed by atoms with van der Waals surface area (Å²) < 4.78 is 4.81. The average Bonchev–Trinajstić information content (AvgIpc) is 2.11. The molecule has 1 atom stereocenters. The first-order valence-electron chi connectivity index (χ1n) is 5.19. The minimum absolute atomic E-state index is 0.365. The van der Waals surface area contributed by atoms with E-state index >= 15 is 0 Å². The van der Waals surface area contributed by atoms with Gasteiger partial charge in [-0.2, -0.15) is 0 Å². The number of aliphatic hydroxyl groups is 1. The second-order valence-electron chi connectivity index (χ2n) is 3.37. The Morgan fingerprint density at radius 2 is 2.08 bits per heavy atom. The van der Waals surface area contributed by atoms with Gasteiger partial charge in [0, 0.05) is 13.7 Å². The van der Waals surface area contributed by atoms with E-state index in [2.05, 4.69) is 12.2 Å². The first kappa shape index (κ1) is 12.9. The summed E-state index contributed by atoms with van der Waals surface area (Å²) in [7, 11) is 1.60. The largest absolute Gasteiger partial charge is 0.389 e. The Morgan fingerprint density at radius 3 is 2.69 bits per heavy atom. The molecule has 0 aromatic heterocycles. The molecule has 1 unspecified atom stereocenters. The van der Waals surface area contributed by atoms with Gasteiger partial charge in [-0.1, -0.05) is 26.2 Å². The molecule has 0 spiro atoms. The van der Waals surface area contributed by atoms with Crippen molar-refractivity contribution in [2.24, 2.45) is 0 Å². The van der Waals surface area contributed by atoms with Crippen LogP contribution in [0.5, 0.6) is 0 Å². The van der Waals surface area contributed by atoms with E-state index in [0.29, 0.717) is 13.2 Å². The van der Waals surface area contributed by atoms with Crippen molar-refractivity contribution in [3.05, 3.63) is 0 Å². The maximum absolute atomic E-state index is 9.26. The van der Waals surface area contributed by atoms with Gasteiger partial charge in [0.2, 0.25) is 0 Å². The third kappa shape index (κ3) is 9.80. The van der Waals surface area contributed by atoms with Crippen molar-refractivity contribution < 1.29 is 9.84 Å². The quantitative estimate of drug-likeness (QED) is 0.535. The van der Waals surface area contributed by atoms with Crippen molar-refractivity contribution >= 4 is 0 Å². The van der Waals surface area contributed by atoms with E-state index in [1.165, 1.54) is 25.7 Å². The maximum Gasteiger partial charge on any atom is 0.0897 e. The topological polar surface area (TPSA) is 41.5 Å². The molecule has 0 aromatic carbocycles. The number of unbranched alkanes of at least 4 members (excludes halogenated alkanes) is 3. The Labute approximate surface area is 81.5 Å². The normalized spacial score (nSPS) is 13.2. The van der Waals surface area contributed by atoms with Crippen molar-refractivity contribution in [3.8, 4) is 0 Å². The summed E-state index contributed by atoms with van der Waals surface area (Å²) in [6.07, 6.45) is 4.70. The van der Waals surface area contributed by atoms with E-state index < -0.39 is 0 Å². The fraction of sp³-hybridized carbons (Fsp3) is 1.00. The summed E-state index contributed by atoms with van der Waals surface area (Å²) in [5.74, 6) is 0. The highest BCUT2D eigenvalue weighted by molar-refractivity contribution is 4.57. The van der Waals surface area contributed by atoms with Crippen LogP contribution in [0, 0.1) is 0 Å². The molecule has 0 aliphatic carbocycles. The predicted octanol–water partition coefficient (Wildman–Crippen LogP) is 1.16. The van der Waals surface area contributed by atoms with Crippen LogP contribution < -0.4 is 5.32 Å². The van der Waals surface area contributed by atoms with Crippen LogP contribution in [-0.2, 0) is 4.74 Å². The molecule has 2 N–H and O–H groups in total. The molecule has 0 saturated carbocycles. The third-order valence-electron chi connectivity index (χ3n) is 1.95. The van der Waals surface area contributed by atoms with Gasteiger partial charge in [0.25, 0.3) is 0 Å². The summed E-state index contributed by atoms with van der Waals surface area (Å²) in [6.45, 7) is 4.26. The van der Waals surface area contributed by atoms with Crippen molar-refractivity contribution in [3.63, 3.8) is 0 Å². The van der Waals surface area contributed by atoms with Crippen LogP contribution in [0.4, 0.5) is 0 Å². The standard InChI is InChI=1S/C10H23NO2/c1-3-4-5-6-7-11-8-10(12)9-13-2/h10-12H,3-9H2,1-2H3. The lowest BCUT2D eigenvalue weighted by Gasteiger charge is -2.10. The van der Waals surface area contributed by atoms with Gasteiger partial charge < -0.3 is 15.2 Å². The van der Waals surface area contributed by atoms with Gasteiger partial charge in [0.05, 0.1) is 12.7 Å². The van der Waals surface area contributed by atoms with Crippen LogP contribution in [0.1, 0.15) is 32.6 Å². The molecule has 0 fully saturated rings. The van der Waals surface area contributed by atoms with Crippen molar-refractivity contribution in [1.29, 1.82) is 0 Å². The highest BCUT2D eigenvalue weighted by Gasteiger charge is 2.00. The second kappa shape index (κ2) is 9.96. The summed E-state index contributed by atoms with van der Waals surface area (Å²) in [4.78, 5) is 0. The first-order chi connectivity index (χ1) is 6.31.